The van der Waals surface area contributed by atoms with Gasteiger partial charge in [0.1, 0.15) is 23.5 Å². The van der Waals surface area contributed by atoms with Crippen molar-refractivity contribution in [2.45, 2.75) is 45.3 Å². The number of aromatic nitrogens is 1. The smallest absolute Gasteiger partial charge is 0.328 e. The fraction of sp³-hybridized carbons (Fsp3) is 0.476. The number of anilines is 1. The Morgan fingerprint density at radius 3 is 2.80 bits per heavy atom. The number of pyridine rings is 1. The van der Waals surface area contributed by atoms with Gasteiger partial charge in [0.2, 0.25) is 5.91 Å². The molecular weight excluding hydrogens is 387 g/mol. The summed E-state index contributed by atoms with van der Waals surface area (Å²) >= 11 is 0. The predicted molar refractivity (Wildman–Crippen MR) is 111 cm³/mol. The van der Waals surface area contributed by atoms with E-state index in [1.807, 2.05) is 19.1 Å². The minimum atomic E-state index is -0.567. The van der Waals surface area contributed by atoms with Gasteiger partial charge < -0.3 is 15.5 Å². The van der Waals surface area contributed by atoms with Gasteiger partial charge in [-0.15, -0.1) is 0 Å². The molecule has 30 heavy (non-hydrogen) atoms. The molecular formula is C21H27FN6O2. The van der Waals surface area contributed by atoms with Crippen molar-refractivity contribution in [1.82, 2.24) is 25.4 Å². The summed E-state index contributed by atoms with van der Waals surface area (Å²) in [6.07, 6.45) is 5.63. The molecule has 3 N–H and O–H groups in total. The molecule has 2 bridgehead atoms. The molecule has 1 aromatic heterocycles. The molecule has 3 aliphatic heterocycles. The Labute approximate surface area is 175 Å². The van der Waals surface area contributed by atoms with Crippen molar-refractivity contribution in [2.24, 2.45) is 5.92 Å². The van der Waals surface area contributed by atoms with Crippen molar-refractivity contribution in [3.63, 3.8) is 0 Å². The molecule has 0 aromatic carbocycles. The highest BCUT2D eigenvalue weighted by atomic mass is 19.1. The third kappa shape index (κ3) is 3.83. The van der Waals surface area contributed by atoms with Crippen LogP contribution in [-0.4, -0.2) is 57.9 Å². The van der Waals surface area contributed by atoms with Crippen molar-refractivity contribution in [2.75, 3.05) is 18.4 Å². The maximum absolute atomic E-state index is 13.1. The summed E-state index contributed by atoms with van der Waals surface area (Å²) in [7, 11) is 0. The van der Waals surface area contributed by atoms with Gasteiger partial charge >= 0.3 is 6.03 Å². The number of fused-ring (bicyclic) bond motifs is 3. The average molecular weight is 414 g/mol. The van der Waals surface area contributed by atoms with Crippen LogP contribution in [0.25, 0.3) is 0 Å². The third-order valence-electron chi connectivity index (χ3n) is 5.93. The molecule has 0 saturated carbocycles. The summed E-state index contributed by atoms with van der Waals surface area (Å²) < 4.78 is 13.1. The first-order valence-electron chi connectivity index (χ1n) is 10.3. The van der Waals surface area contributed by atoms with Gasteiger partial charge in [-0.05, 0) is 37.5 Å². The number of nitrogens with zero attached hydrogens (tertiary/aromatic N) is 3. The number of urea groups is 1. The Hall–Kier alpha value is -3.10. The lowest BCUT2D eigenvalue weighted by molar-refractivity contribution is -0.122. The van der Waals surface area contributed by atoms with E-state index in [0.29, 0.717) is 11.7 Å². The summed E-state index contributed by atoms with van der Waals surface area (Å²) in [5, 5.41) is 9.01. The van der Waals surface area contributed by atoms with E-state index in [-0.39, 0.29) is 29.8 Å². The first kappa shape index (κ1) is 20.2. The minimum Gasteiger partial charge on any atom is -0.366 e. The second-order valence-corrected chi connectivity index (χ2v) is 8.31. The highest BCUT2D eigenvalue weighted by Crippen LogP contribution is 2.33. The Morgan fingerprint density at radius 2 is 2.10 bits per heavy atom. The molecule has 4 heterocycles. The van der Waals surface area contributed by atoms with Crippen LogP contribution >= 0.6 is 0 Å². The van der Waals surface area contributed by atoms with Gasteiger partial charge in [-0.25, -0.2) is 14.2 Å². The molecule has 3 atom stereocenters. The van der Waals surface area contributed by atoms with E-state index in [1.54, 1.807) is 4.90 Å². The van der Waals surface area contributed by atoms with Crippen LogP contribution in [0, 0.1) is 11.7 Å². The summed E-state index contributed by atoms with van der Waals surface area (Å²) in [5.41, 5.74) is 0.895. The van der Waals surface area contributed by atoms with Crippen molar-refractivity contribution in [3.05, 3.63) is 47.8 Å². The Bertz CT molecular complexity index is 897. The van der Waals surface area contributed by atoms with E-state index in [2.05, 4.69) is 39.7 Å². The fourth-order valence-corrected chi connectivity index (χ4v) is 3.86. The second kappa shape index (κ2) is 7.97. The molecule has 9 heteroatoms. The molecule has 1 unspecified atom stereocenters. The number of nitrogens with one attached hydrogen (secondary N) is 3. The number of carbonyl (C=O) groups excluding carboxylic acids is 2. The first-order chi connectivity index (χ1) is 14.3. The zero-order valence-electron chi connectivity index (χ0n) is 17.4. The zero-order chi connectivity index (χ0) is 21.4. The van der Waals surface area contributed by atoms with E-state index < -0.39 is 11.9 Å². The largest absolute Gasteiger partial charge is 0.366 e. The molecule has 160 valence electrons. The number of amides is 3. The topological polar surface area (TPSA) is 89.6 Å². The number of dihydropyridines is 1. The number of hydrogen-bond acceptors (Lipinski definition) is 5. The lowest BCUT2D eigenvalue weighted by atomic mass is 10.0. The van der Waals surface area contributed by atoms with Crippen molar-refractivity contribution in [1.29, 1.82) is 0 Å². The van der Waals surface area contributed by atoms with Crippen LogP contribution in [-0.2, 0) is 4.79 Å². The van der Waals surface area contributed by atoms with Gasteiger partial charge in [0.25, 0.3) is 0 Å². The Balaban J connectivity index is 1.54. The molecule has 3 amide bonds. The summed E-state index contributed by atoms with van der Waals surface area (Å²) in [5.74, 6) is 0.607. The molecule has 0 spiro atoms. The van der Waals surface area contributed by atoms with E-state index >= 15 is 0 Å². The standard InChI is InChI=1S/C21H27FN6O2/c1-12(2)13(3)24-20(29)16-5-6-17-19(25-16)28(15-8-9-27(17)11-15)21(30)26-18-7-4-14(22)10-23-18/h4-7,10,12-13,15-16,25H,8-9,11H2,1-3H3,(H,24,29)(H,23,26,30)/t13-,15+,16?/m1/s1. The molecule has 1 aromatic rings. The Morgan fingerprint density at radius 1 is 1.30 bits per heavy atom. The second-order valence-electron chi connectivity index (χ2n) is 8.31. The van der Waals surface area contributed by atoms with Crippen LogP contribution in [0.2, 0.25) is 0 Å². The number of rotatable bonds is 4. The van der Waals surface area contributed by atoms with Gasteiger partial charge in [-0.2, -0.15) is 0 Å². The van der Waals surface area contributed by atoms with E-state index in [0.717, 1.165) is 31.4 Å². The third-order valence-corrected chi connectivity index (χ3v) is 5.93. The highest BCUT2D eigenvalue weighted by Gasteiger charge is 2.42. The monoisotopic (exact) mass is 414 g/mol. The molecule has 8 nitrogen and oxygen atoms in total. The highest BCUT2D eigenvalue weighted by molar-refractivity contribution is 5.91. The van der Waals surface area contributed by atoms with Gasteiger partial charge in [-0.3, -0.25) is 15.0 Å². The molecule has 4 rings (SSSR count). The maximum Gasteiger partial charge on any atom is 0.328 e. The van der Waals surface area contributed by atoms with Gasteiger partial charge in [0.05, 0.1) is 17.9 Å². The predicted octanol–water partition coefficient (Wildman–Crippen LogP) is 2.00. The van der Waals surface area contributed by atoms with Crippen molar-refractivity contribution < 1.29 is 14.0 Å². The number of allylic oxidation sites excluding steroid dienone is 1. The summed E-state index contributed by atoms with van der Waals surface area (Å²) in [6.45, 7) is 7.66. The van der Waals surface area contributed by atoms with Crippen LogP contribution in [0.4, 0.5) is 15.0 Å². The van der Waals surface area contributed by atoms with Crippen LogP contribution in [0.3, 0.4) is 0 Å². The lowest BCUT2D eigenvalue weighted by Gasteiger charge is -2.41. The molecule has 3 aliphatic rings. The lowest BCUT2D eigenvalue weighted by Crippen LogP contribution is -2.56. The average Bonchev–Trinajstić information content (AvgIpc) is 3.13. The minimum absolute atomic E-state index is 0.0125. The van der Waals surface area contributed by atoms with Crippen LogP contribution in [0.15, 0.2) is 42.0 Å². The number of halogens is 1. The van der Waals surface area contributed by atoms with Crippen LogP contribution in [0.5, 0.6) is 0 Å². The van der Waals surface area contributed by atoms with Gasteiger partial charge in [-0.1, -0.05) is 19.9 Å². The first-order valence-corrected chi connectivity index (χ1v) is 10.3. The molecule has 0 aliphatic carbocycles. The van der Waals surface area contributed by atoms with E-state index in [9.17, 15) is 14.0 Å². The normalized spacial score (nSPS) is 23.2. The molecule has 1 saturated heterocycles. The maximum atomic E-state index is 13.1. The zero-order valence-corrected chi connectivity index (χ0v) is 17.4. The molecule has 0 radical (unpaired) electrons. The summed E-state index contributed by atoms with van der Waals surface area (Å²) in [6, 6.07) is 1.78. The van der Waals surface area contributed by atoms with Gasteiger partial charge in [0.15, 0.2) is 0 Å². The quantitative estimate of drug-likeness (QED) is 0.701. The van der Waals surface area contributed by atoms with Crippen molar-refractivity contribution in [3.8, 4) is 0 Å². The van der Waals surface area contributed by atoms with E-state index in [4.69, 9.17) is 0 Å². The fourth-order valence-electron chi connectivity index (χ4n) is 3.86. The van der Waals surface area contributed by atoms with E-state index in [1.165, 1.54) is 12.1 Å². The SMILES string of the molecule is CC(C)[C@@H](C)NC(=O)C1C=CC2=C(N1)N(C(=O)Nc1ccc(F)cn1)[C@H]1CCN2C1. The number of carbonyl (C=O) groups is 2. The van der Waals surface area contributed by atoms with Crippen LogP contribution < -0.4 is 16.0 Å². The van der Waals surface area contributed by atoms with Crippen LogP contribution in [0.1, 0.15) is 27.2 Å². The Kier molecular flexibility index (Phi) is 5.36. The summed E-state index contributed by atoms with van der Waals surface area (Å²) in [4.78, 5) is 33.6. The number of hydrogen-bond donors (Lipinski definition) is 3. The molecule has 1 fully saturated rings. The van der Waals surface area contributed by atoms with Crippen molar-refractivity contribution >= 4 is 17.8 Å². The van der Waals surface area contributed by atoms with Gasteiger partial charge in [0, 0.05) is 19.1 Å².